The van der Waals surface area contributed by atoms with Crippen molar-refractivity contribution >= 4 is 15.8 Å². The Hall–Kier alpha value is 0.01000. The molecule has 2 unspecified atom stereocenters. The minimum atomic E-state index is -0.0218. The van der Waals surface area contributed by atoms with Gasteiger partial charge in [0.1, 0.15) is 0 Å². The van der Waals surface area contributed by atoms with Crippen molar-refractivity contribution in [1.29, 1.82) is 0 Å². The van der Waals surface area contributed by atoms with Crippen molar-refractivity contribution in [2.24, 2.45) is 0 Å². The van der Waals surface area contributed by atoms with Crippen LogP contribution in [0.5, 0.6) is 0 Å². The second kappa shape index (κ2) is 14.4. The summed E-state index contributed by atoms with van der Waals surface area (Å²) >= 11 is 0. The fraction of sp³-hybridized carbons (Fsp3) is 0.828. The predicted molar refractivity (Wildman–Crippen MR) is 150 cm³/mol. The summed E-state index contributed by atoms with van der Waals surface area (Å²) in [6, 6.07) is 6.90. The maximum absolute atomic E-state index is 5.24. The molecule has 32 heavy (non-hydrogen) atoms. The minimum Gasteiger partial charge on any atom is -0.257 e. The summed E-state index contributed by atoms with van der Waals surface area (Å²) in [5.74, 6) is 0. The lowest BCUT2D eigenvalue weighted by atomic mass is 10.1. The molecule has 2 rings (SSSR count). The standard InChI is InChI=1S/C29H53NP2/c1-28(2,3)31-22-17-15-13-11-9-7-8-10-12-14-16-18-23-32(29(4,5)6)25-27-21-19-20-26(24-31)30-27/h19-21H,7-18,22-25H2,1-6H3. The molecule has 0 N–H and O–H groups in total. The molecule has 0 aliphatic carbocycles. The van der Waals surface area contributed by atoms with E-state index < -0.39 is 0 Å². The molecule has 1 nitrogen and oxygen atoms in total. The van der Waals surface area contributed by atoms with Gasteiger partial charge in [0.25, 0.3) is 0 Å². The van der Waals surface area contributed by atoms with Crippen molar-refractivity contribution < 1.29 is 0 Å². The first kappa shape index (κ1) is 28.2. The monoisotopic (exact) mass is 477 g/mol. The minimum absolute atomic E-state index is 0.0218. The summed E-state index contributed by atoms with van der Waals surface area (Å²) in [6.45, 7) is 14.8. The van der Waals surface area contributed by atoms with E-state index in [1.54, 1.807) is 0 Å². The van der Waals surface area contributed by atoms with Gasteiger partial charge in [0, 0.05) is 23.7 Å². The van der Waals surface area contributed by atoms with Gasteiger partial charge in [-0.15, -0.1) is 0 Å². The average molecular weight is 478 g/mol. The molecule has 184 valence electrons. The highest BCUT2D eigenvalue weighted by Gasteiger charge is 2.26. The molecule has 2 atom stereocenters. The highest BCUT2D eigenvalue weighted by molar-refractivity contribution is 7.58. The highest BCUT2D eigenvalue weighted by atomic mass is 31.1. The maximum Gasteiger partial charge on any atom is 0.0450 e. The average Bonchev–Trinajstić information content (AvgIpc) is 2.70. The van der Waals surface area contributed by atoms with Gasteiger partial charge in [0.05, 0.1) is 0 Å². The van der Waals surface area contributed by atoms with Gasteiger partial charge in [-0.2, -0.15) is 0 Å². The van der Waals surface area contributed by atoms with Gasteiger partial charge >= 0.3 is 0 Å². The lowest BCUT2D eigenvalue weighted by molar-refractivity contribution is 0.548. The summed E-state index contributed by atoms with van der Waals surface area (Å²) in [5.41, 5.74) is 2.72. The Morgan fingerprint density at radius 1 is 0.531 bits per heavy atom. The zero-order chi connectivity index (χ0) is 23.5. The van der Waals surface area contributed by atoms with Crippen LogP contribution in [0, 0.1) is 0 Å². The molecule has 1 aromatic rings. The number of fused-ring (bicyclic) bond motifs is 2. The Bertz CT molecular complexity index is 578. The summed E-state index contributed by atoms with van der Waals surface area (Å²) < 4.78 is 0. The Morgan fingerprint density at radius 2 is 0.844 bits per heavy atom. The number of hydrogen-bond donors (Lipinski definition) is 0. The molecular weight excluding hydrogens is 424 g/mol. The fourth-order valence-electron chi connectivity index (χ4n) is 4.77. The van der Waals surface area contributed by atoms with Gasteiger partial charge in [-0.1, -0.05) is 128 Å². The highest BCUT2D eigenvalue weighted by Crippen LogP contribution is 2.54. The second-order valence-corrected chi connectivity index (χ2v) is 18.4. The molecular formula is C29H53NP2. The number of pyridine rings is 1. The van der Waals surface area contributed by atoms with E-state index in [2.05, 4.69) is 59.7 Å². The first-order valence-corrected chi connectivity index (χ1v) is 17.0. The molecule has 0 radical (unpaired) electrons. The summed E-state index contributed by atoms with van der Waals surface area (Å²) in [5, 5.41) is 0.834. The molecule has 0 amide bonds. The summed E-state index contributed by atoms with van der Waals surface area (Å²) in [7, 11) is -0.0436. The second-order valence-electron chi connectivity index (χ2n) is 12.0. The number of rotatable bonds is 0. The van der Waals surface area contributed by atoms with E-state index in [0.717, 1.165) is 0 Å². The molecule has 1 aliphatic rings. The van der Waals surface area contributed by atoms with Crippen LogP contribution in [0.15, 0.2) is 18.2 Å². The van der Waals surface area contributed by atoms with Crippen molar-refractivity contribution in [3.05, 3.63) is 29.6 Å². The molecule has 1 aliphatic heterocycles. The molecule has 2 bridgehead atoms. The van der Waals surface area contributed by atoms with Gasteiger partial charge in [-0.3, -0.25) is 4.98 Å². The Kier molecular flexibility index (Phi) is 12.7. The van der Waals surface area contributed by atoms with Crippen molar-refractivity contribution in [2.45, 2.75) is 141 Å². The third kappa shape index (κ3) is 11.4. The summed E-state index contributed by atoms with van der Waals surface area (Å²) in [6.07, 6.45) is 22.6. The van der Waals surface area contributed by atoms with Crippen LogP contribution in [-0.2, 0) is 12.3 Å². The van der Waals surface area contributed by atoms with Crippen LogP contribution in [0.4, 0.5) is 0 Å². The van der Waals surface area contributed by atoms with Crippen LogP contribution in [-0.4, -0.2) is 27.6 Å². The molecule has 0 saturated carbocycles. The van der Waals surface area contributed by atoms with Crippen LogP contribution in [0.2, 0.25) is 0 Å². The Balaban J connectivity index is 2.10. The Labute approximate surface area is 203 Å². The van der Waals surface area contributed by atoms with E-state index in [1.165, 1.54) is 113 Å². The Morgan fingerprint density at radius 3 is 1.16 bits per heavy atom. The van der Waals surface area contributed by atoms with Crippen molar-refractivity contribution in [1.82, 2.24) is 4.98 Å². The molecule has 1 aromatic heterocycles. The number of nitrogens with zero attached hydrogens (tertiary/aromatic N) is 1. The zero-order valence-electron chi connectivity index (χ0n) is 22.4. The summed E-state index contributed by atoms with van der Waals surface area (Å²) in [4.78, 5) is 5.24. The van der Waals surface area contributed by atoms with E-state index in [-0.39, 0.29) is 15.8 Å². The van der Waals surface area contributed by atoms with E-state index in [4.69, 9.17) is 4.98 Å². The molecule has 0 fully saturated rings. The number of hydrogen-bond acceptors (Lipinski definition) is 1. The van der Waals surface area contributed by atoms with E-state index in [0.29, 0.717) is 10.3 Å². The number of aromatic nitrogens is 1. The van der Waals surface area contributed by atoms with Crippen molar-refractivity contribution in [3.63, 3.8) is 0 Å². The lowest BCUT2D eigenvalue weighted by Crippen LogP contribution is -2.16. The van der Waals surface area contributed by atoms with E-state index in [9.17, 15) is 0 Å². The molecule has 0 spiro atoms. The van der Waals surface area contributed by atoms with Gasteiger partial charge in [-0.25, -0.2) is 0 Å². The molecule has 0 saturated heterocycles. The maximum atomic E-state index is 5.24. The molecule has 0 aromatic carbocycles. The van der Waals surface area contributed by atoms with Gasteiger partial charge in [0.2, 0.25) is 0 Å². The van der Waals surface area contributed by atoms with Crippen LogP contribution >= 0.6 is 15.8 Å². The first-order valence-electron chi connectivity index (χ1n) is 13.6. The fourth-order valence-corrected chi connectivity index (χ4v) is 9.72. The third-order valence-corrected chi connectivity index (χ3v) is 14.0. The SMILES string of the molecule is CC(C)(C)P1CCCCCCCCCCCCCCP(C(C)(C)C)Cc2cccc(n2)C1. The molecule has 3 heteroatoms. The van der Waals surface area contributed by atoms with Crippen LogP contribution < -0.4 is 0 Å². The van der Waals surface area contributed by atoms with Crippen LogP contribution in [0.3, 0.4) is 0 Å². The smallest absolute Gasteiger partial charge is 0.0450 e. The third-order valence-electron chi connectivity index (χ3n) is 7.07. The predicted octanol–water partition coefficient (Wildman–Crippen LogP) is 10.3. The van der Waals surface area contributed by atoms with Gasteiger partial charge in [0.15, 0.2) is 0 Å². The van der Waals surface area contributed by atoms with Crippen molar-refractivity contribution in [2.75, 3.05) is 12.3 Å². The molecule has 2 heterocycles. The van der Waals surface area contributed by atoms with Crippen LogP contribution in [0.1, 0.15) is 130 Å². The quantitative estimate of drug-likeness (QED) is 0.339. The lowest BCUT2D eigenvalue weighted by Gasteiger charge is -2.32. The van der Waals surface area contributed by atoms with Crippen LogP contribution in [0.25, 0.3) is 0 Å². The normalized spacial score (nSPS) is 24.4. The van der Waals surface area contributed by atoms with E-state index >= 15 is 0 Å². The zero-order valence-corrected chi connectivity index (χ0v) is 24.2. The largest absolute Gasteiger partial charge is 0.257 e. The topological polar surface area (TPSA) is 12.9 Å². The van der Waals surface area contributed by atoms with Crippen molar-refractivity contribution in [3.8, 4) is 0 Å². The van der Waals surface area contributed by atoms with Gasteiger partial charge in [-0.05, 0) is 47.6 Å². The first-order chi connectivity index (χ1) is 15.2. The van der Waals surface area contributed by atoms with E-state index in [1.807, 2.05) is 0 Å². The van der Waals surface area contributed by atoms with Gasteiger partial charge < -0.3 is 0 Å².